The maximum atomic E-state index is 14.7. The third-order valence-electron chi connectivity index (χ3n) is 5.84. The van der Waals surface area contributed by atoms with Gasteiger partial charge < -0.3 is 14.6 Å². The second kappa shape index (κ2) is 8.84. The van der Waals surface area contributed by atoms with Gasteiger partial charge in [-0.05, 0) is 41.8 Å². The third-order valence-corrected chi connectivity index (χ3v) is 5.84. The number of halogens is 4. The van der Waals surface area contributed by atoms with Crippen molar-refractivity contribution in [1.82, 2.24) is 10.1 Å². The minimum absolute atomic E-state index is 0.0751. The Hall–Kier alpha value is -3.43. The highest BCUT2D eigenvalue weighted by Crippen LogP contribution is 2.47. The minimum atomic E-state index is -2.79. The number of aromatic nitrogens is 2. The van der Waals surface area contributed by atoms with Crippen LogP contribution in [0.4, 0.5) is 23.2 Å². The van der Waals surface area contributed by atoms with Gasteiger partial charge in [-0.15, -0.1) is 0 Å². The van der Waals surface area contributed by atoms with Crippen molar-refractivity contribution < 1.29 is 31.6 Å². The molecule has 0 spiro atoms. The molecule has 33 heavy (non-hydrogen) atoms. The molecule has 1 aliphatic carbocycles. The molecular weight excluding hydrogens is 442 g/mol. The first-order valence-corrected chi connectivity index (χ1v) is 10.3. The zero-order chi connectivity index (χ0) is 23.8. The Morgan fingerprint density at radius 3 is 2.70 bits per heavy atom. The number of hydrogen-bond acceptors (Lipinski definition) is 5. The minimum Gasteiger partial charge on any atom is -0.479 e. The number of anilines is 1. The number of rotatable bonds is 5. The average molecular weight is 463 g/mol. The van der Waals surface area contributed by atoms with Crippen LogP contribution in [0.25, 0.3) is 11.1 Å². The van der Waals surface area contributed by atoms with Gasteiger partial charge in [0.2, 0.25) is 11.7 Å². The normalized spacial score (nSPS) is 19.8. The summed E-state index contributed by atoms with van der Waals surface area (Å²) in [5.74, 6) is -5.91. The fraction of sp³-hybridized carbons (Fsp3) is 0.348. The maximum absolute atomic E-state index is 14.7. The van der Waals surface area contributed by atoms with Crippen molar-refractivity contribution in [2.45, 2.75) is 38.0 Å². The zero-order valence-corrected chi connectivity index (χ0v) is 17.9. The van der Waals surface area contributed by atoms with E-state index in [1.54, 1.807) is 6.92 Å². The summed E-state index contributed by atoms with van der Waals surface area (Å²) in [6.07, 6.45) is 0.830. The molecule has 1 amide bonds. The smallest absolute Gasteiger partial charge is 0.294 e. The number of carbonyl (C=O) groups excluding carboxylic acids is 1. The van der Waals surface area contributed by atoms with Gasteiger partial charge >= 0.3 is 0 Å². The average Bonchev–Trinajstić information content (AvgIpc) is 3.25. The molecule has 0 aliphatic heterocycles. The molecule has 2 atom stereocenters. The molecule has 174 valence electrons. The van der Waals surface area contributed by atoms with Crippen LogP contribution in [0, 0.1) is 17.6 Å². The highest BCUT2D eigenvalue weighted by atomic mass is 19.3. The van der Waals surface area contributed by atoms with E-state index in [0.29, 0.717) is 5.69 Å². The molecule has 0 radical (unpaired) electrons. The number of amides is 1. The predicted molar refractivity (Wildman–Crippen MR) is 111 cm³/mol. The van der Waals surface area contributed by atoms with Gasteiger partial charge in [0, 0.05) is 36.1 Å². The summed E-state index contributed by atoms with van der Waals surface area (Å²) in [6.45, 7) is 1.68. The number of ether oxygens (including phenoxy) is 1. The van der Waals surface area contributed by atoms with E-state index in [-0.39, 0.29) is 47.7 Å². The molecule has 0 bridgehead atoms. The Morgan fingerprint density at radius 2 is 2.00 bits per heavy atom. The van der Waals surface area contributed by atoms with Crippen LogP contribution in [-0.4, -0.2) is 29.1 Å². The van der Waals surface area contributed by atoms with Crippen LogP contribution in [-0.2, 0) is 0 Å². The van der Waals surface area contributed by atoms with Crippen molar-refractivity contribution in [2.75, 3.05) is 12.4 Å². The number of nitrogens with one attached hydrogen (secondary N) is 1. The standard InChI is InChI=1S/C23H21F4N3O3/c1-12-11-23(26,27)7-5-14(12)20-21(29-22(31)18-10-19(32-2)30-33-18)15(6-8-28-20)16-9-13(24)3-4-17(16)25/h3-4,6,8-10,12,14H,5,7,11H2,1-2H3,(H,29,31)/t12-,14+/m1/s1. The second-order valence-electron chi connectivity index (χ2n) is 8.11. The van der Waals surface area contributed by atoms with Crippen LogP contribution >= 0.6 is 0 Å². The second-order valence-corrected chi connectivity index (χ2v) is 8.11. The summed E-state index contributed by atoms with van der Waals surface area (Å²) >= 11 is 0. The summed E-state index contributed by atoms with van der Waals surface area (Å²) in [6, 6.07) is 5.64. The van der Waals surface area contributed by atoms with Crippen molar-refractivity contribution in [3.63, 3.8) is 0 Å². The maximum Gasteiger partial charge on any atom is 0.294 e. The van der Waals surface area contributed by atoms with Crippen molar-refractivity contribution in [1.29, 1.82) is 0 Å². The molecule has 2 heterocycles. The number of alkyl halides is 2. The van der Waals surface area contributed by atoms with Gasteiger partial charge in [-0.1, -0.05) is 6.92 Å². The number of methoxy groups -OCH3 is 1. The SMILES string of the molecule is COc1cc(C(=O)Nc2c(-c3cc(F)ccc3F)ccnc2[C@H]2CCC(F)(F)C[C@H]2C)on1. The molecule has 6 nitrogen and oxygen atoms in total. The molecule has 10 heteroatoms. The molecule has 1 saturated carbocycles. The Kier molecular flexibility index (Phi) is 6.09. The highest BCUT2D eigenvalue weighted by Gasteiger charge is 2.41. The number of hydrogen-bond donors (Lipinski definition) is 1. The summed E-state index contributed by atoms with van der Waals surface area (Å²) in [7, 11) is 1.35. The zero-order valence-electron chi connectivity index (χ0n) is 17.9. The Labute approximate surface area is 186 Å². The van der Waals surface area contributed by atoms with Crippen LogP contribution in [0.2, 0.25) is 0 Å². The molecule has 1 aliphatic rings. The summed E-state index contributed by atoms with van der Waals surface area (Å²) in [5.41, 5.74) is 0.489. The van der Waals surface area contributed by atoms with E-state index in [0.717, 1.165) is 18.2 Å². The summed E-state index contributed by atoms with van der Waals surface area (Å²) in [5, 5.41) is 6.23. The lowest BCUT2D eigenvalue weighted by molar-refractivity contribution is -0.0558. The summed E-state index contributed by atoms with van der Waals surface area (Å²) < 4.78 is 66.4. The third kappa shape index (κ3) is 4.69. The van der Waals surface area contributed by atoms with E-state index >= 15 is 0 Å². The molecule has 1 aromatic carbocycles. The van der Waals surface area contributed by atoms with E-state index in [4.69, 9.17) is 9.26 Å². The van der Waals surface area contributed by atoms with Crippen molar-refractivity contribution in [2.24, 2.45) is 5.92 Å². The molecule has 0 unspecified atom stereocenters. The van der Waals surface area contributed by atoms with Gasteiger partial charge in [-0.2, -0.15) is 0 Å². The van der Waals surface area contributed by atoms with E-state index in [2.05, 4.69) is 15.5 Å². The first-order chi connectivity index (χ1) is 15.7. The van der Waals surface area contributed by atoms with Crippen molar-refractivity contribution in [3.05, 3.63) is 59.6 Å². The molecule has 3 aromatic rings. The van der Waals surface area contributed by atoms with Gasteiger partial charge in [0.15, 0.2) is 0 Å². The lowest BCUT2D eigenvalue weighted by Crippen LogP contribution is -2.31. The molecule has 2 aromatic heterocycles. The molecule has 1 fully saturated rings. The fourth-order valence-corrected chi connectivity index (χ4v) is 4.23. The lowest BCUT2D eigenvalue weighted by Gasteiger charge is -2.34. The van der Waals surface area contributed by atoms with Crippen LogP contribution in [0.1, 0.15) is 48.4 Å². The van der Waals surface area contributed by atoms with Gasteiger partial charge in [0.25, 0.3) is 11.8 Å². The Bertz CT molecular complexity index is 1180. The predicted octanol–water partition coefficient (Wildman–Crippen LogP) is 5.81. The number of pyridine rings is 1. The number of carbonyl (C=O) groups is 1. The van der Waals surface area contributed by atoms with Crippen LogP contribution in [0.3, 0.4) is 0 Å². The van der Waals surface area contributed by atoms with Gasteiger partial charge in [-0.3, -0.25) is 9.78 Å². The molecular formula is C23H21F4N3O3. The van der Waals surface area contributed by atoms with Crippen LogP contribution < -0.4 is 10.1 Å². The fourth-order valence-electron chi connectivity index (χ4n) is 4.23. The number of benzene rings is 1. The highest BCUT2D eigenvalue weighted by molar-refractivity contribution is 6.05. The summed E-state index contributed by atoms with van der Waals surface area (Å²) in [4.78, 5) is 17.2. The molecule has 0 saturated heterocycles. The van der Waals surface area contributed by atoms with E-state index < -0.39 is 35.3 Å². The van der Waals surface area contributed by atoms with Crippen LogP contribution in [0.15, 0.2) is 41.1 Å². The van der Waals surface area contributed by atoms with E-state index in [1.165, 1.54) is 25.4 Å². The van der Waals surface area contributed by atoms with Crippen molar-refractivity contribution >= 4 is 11.6 Å². The Balaban J connectivity index is 1.81. The quantitative estimate of drug-likeness (QED) is 0.483. The van der Waals surface area contributed by atoms with E-state index in [1.807, 2.05) is 0 Å². The topological polar surface area (TPSA) is 77.2 Å². The number of nitrogens with zero attached hydrogens (tertiary/aromatic N) is 2. The first-order valence-electron chi connectivity index (χ1n) is 10.3. The molecule has 4 rings (SSSR count). The van der Waals surface area contributed by atoms with Crippen molar-refractivity contribution in [3.8, 4) is 17.0 Å². The van der Waals surface area contributed by atoms with Gasteiger partial charge in [0.05, 0.1) is 24.6 Å². The monoisotopic (exact) mass is 463 g/mol. The molecule has 1 N–H and O–H groups in total. The van der Waals surface area contributed by atoms with Crippen LogP contribution in [0.5, 0.6) is 5.88 Å². The largest absolute Gasteiger partial charge is 0.479 e. The first kappa shape index (κ1) is 22.8. The Morgan fingerprint density at radius 1 is 1.21 bits per heavy atom. The van der Waals surface area contributed by atoms with Gasteiger partial charge in [0.1, 0.15) is 11.6 Å². The lowest BCUT2D eigenvalue weighted by atomic mass is 9.75. The van der Waals surface area contributed by atoms with Gasteiger partial charge in [-0.25, -0.2) is 17.6 Å². The van der Waals surface area contributed by atoms with E-state index in [9.17, 15) is 22.4 Å².